The topological polar surface area (TPSA) is 47.7 Å². The van der Waals surface area contributed by atoms with Crippen LogP contribution in [0, 0.1) is 16.0 Å². The maximum absolute atomic E-state index is 13.4. The molecule has 7 heteroatoms. The Morgan fingerprint density at radius 3 is 2.52 bits per heavy atom. The van der Waals surface area contributed by atoms with E-state index in [1.165, 1.54) is 12.1 Å². The average molecular weight is 412 g/mol. The standard InChI is InChI=1S/C22H26FN5S/c1-22(2,3)19(15-6-8-17(23)9-7-15)25-14-27-21(29)28(18-10-11-18)20(26-27)16-5-4-12-24-13-16/h4-9,12-13,18-19,25H,10-11,14H2,1-3H3. The molecule has 0 amide bonds. The zero-order valence-electron chi connectivity index (χ0n) is 17.0. The Morgan fingerprint density at radius 2 is 1.93 bits per heavy atom. The average Bonchev–Trinajstić information content (AvgIpc) is 3.47. The van der Waals surface area contributed by atoms with Crippen LogP contribution in [-0.2, 0) is 6.67 Å². The molecule has 0 aliphatic heterocycles. The van der Waals surface area contributed by atoms with Gasteiger partial charge < -0.3 is 0 Å². The molecule has 1 aliphatic rings. The molecule has 1 aliphatic carbocycles. The predicted molar refractivity (Wildman–Crippen MR) is 114 cm³/mol. The highest BCUT2D eigenvalue weighted by Gasteiger charge is 2.30. The second kappa shape index (κ2) is 7.80. The van der Waals surface area contributed by atoms with Crippen molar-refractivity contribution >= 4 is 12.2 Å². The Labute approximate surface area is 175 Å². The Bertz CT molecular complexity index is 1030. The van der Waals surface area contributed by atoms with Gasteiger partial charge >= 0.3 is 0 Å². The van der Waals surface area contributed by atoms with Crippen LogP contribution in [0.1, 0.15) is 51.3 Å². The third-order valence-electron chi connectivity index (χ3n) is 5.22. The Kier molecular flexibility index (Phi) is 5.36. The van der Waals surface area contributed by atoms with E-state index in [2.05, 4.69) is 35.6 Å². The van der Waals surface area contributed by atoms with E-state index in [4.69, 9.17) is 17.3 Å². The van der Waals surface area contributed by atoms with Crippen molar-refractivity contribution in [2.75, 3.05) is 0 Å². The van der Waals surface area contributed by atoms with Crippen LogP contribution in [0.15, 0.2) is 48.8 Å². The van der Waals surface area contributed by atoms with Crippen molar-refractivity contribution in [3.8, 4) is 11.4 Å². The summed E-state index contributed by atoms with van der Waals surface area (Å²) in [5.41, 5.74) is 1.94. The Morgan fingerprint density at radius 1 is 1.21 bits per heavy atom. The highest BCUT2D eigenvalue weighted by molar-refractivity contribution is 7.71. The molecule has 2 heterocycles. The van der Waals surface area contributed by atoms with Gasteiger partial charge in [0.15, 0.2) is 10.6 Å². The minimum absolute atomic E-state index is 0.0258. The van der Waals surface area contributed by atoms with Crippen molar-refractivity contribution in [1.29, 1.82) is 0 Å². The summed E-state index contributed by atoms with van der Waals surface area (Å²) in [5, 5.41) is 8.40. The van der Waals surface area contributed by atoms with E-state index in [1.54, 1.807) is 6.20 Å². The number of rotatable bonds is 6. The Hall–Kier alpha value is -2.38. The normalized spacial score (nSPS) is 15.4. The third-order valence-corrected chi connectivity index (χ3v) is 5.62. The fourth-order valence-electron chi connectivity index (χ4n) is 3.63. The molecule has 4 rings (SSSR count). The van der Waals surface area contributed by atoms with E-state index in [0.29, 0.717) is 17.5 Å². The quantitative estimate of drug-likeness (QED) is 0.560. The number of nitrogens with one attached hydrogen (secondary N) is 1. The van der Waals surface area contributed by atoms with Gasteiger partial charge in [0.25, 0.3) is 0 Å². The maximum atomic E-state index is 13.4. The van der Waals surface area contributed by atoms with E-state index in [1.807, 2.05) is 35.1 Å². The summed E-state index contributed by atoms with van der Waals surface area (Å²) in [7, 11) is 0. The first-order valence-corrected chi connectivity index (χ1v) is 10.3. The van der Waals surface area contributed by atoms with Crippen LogP contribution in [0.2, 0.25) is 0 Å². The zero-order chi connectivity index (χ0) is 20.6. The molecule has 5 nitrogen and oxygen atoms in total. The second-order valence-corrected chi connectivity index (χ2v) is 9.03. The van der Waals surface area contributed by atoms with E-state index >= 15 is 0 Å². The Balaban J connectivity index is 1.63. The fraction of sp³-hybridized carbons (Fsp3) is 0.409. The van der Waals surface area contributed by atoms with Crippen LogP contribution in [-0.4, -0.2) is 19.3 Å². The highest BCUT2D eigenvalue weighted by Crippen LogP contribution is 2.38. The van der Waals surface area contributed by atoms with Gasteiger partial charge in [-0.3, -0.25) is 14.9 Å². The lowest BCUT2D eigenvalue weighted by molar-refractivity contribution is 0.251. The van der Waals surface area contributed by atoms with Crippen molar-refractivity contribution in [2.24, 2.45) is 5.41 Å². The molecule has 2 aromatic heterocycles. The van der Waals surface area contributed by atoms with Crippen molar-refractivity contribution in [3.05, 3.63) is 64.9 Å². The van der Waals surface area contributed by atoms with E-state index in [0.717, 1.165) is 29.8 Å². The molecule has 0 spiro atoms. The van der Waals surface area contributed by atoms with Crippen LogP contribution in [0.5, 0.6) is 0 Å². The number of aromatic nitrogens is 4. The number of hydrogen-bond donors (Lipinski definition) is 1. The van der Waals surface area contributed by atoms with Gasteiger partial charge in [-0.2, -0.15) is 5.10 Å². The van der Waals surface area contributed by atoms with Crippen molar-refractivity contribution < 1.29 is 4.39 Å². The summed E-state index contributed by atoms with van der Waals surface area (Å²) in [5.74, 6) is 0.634. The van der Waals surface area contributed by atoms with Gasteiger partial charge in [-0.05, 0) is 60.3 Å². The minimum Gasteiger partial charge on any atom is -0.297 e. The number of pyridine rings is 1. The molecule has 0 bridgehead atoms. The van der Waals surface area contributed by atoms with Crippen molar-refractivity contribution in [2.45, 2.75) is 52.4 Å². The van der Waals surface area contributed by atoms with Crippen LogP contribution < -0.4 is 5.32 Å². The number of nitrogens with zero attached hydrogens (tertiary/aromatic N) is 4. The highest BCUT2D eigenvalue weighted by atomic mass is 32.1. The SMILES string of the molecule is CC(C)(C)C(NCn1nc(-c2cccnc2)n(C2CC2)c1=S)c1ccc(F)cc1. The van der Waals surface area contributed by atoms with Gasteiger partial charge in [0, 0.05) is 30.0 Å². The van der Waals surface area contributed by atoms with Crippen LogP contribution in [0.25, 0.3) is 11.4 Å². The van der Waals surface area contributed by atoms with E-state index < -0.39 is 0 Å². The molecule has 0 saturated heterocycles. The molecule has 0 radical (unpaired) electrons. The summed E-state index contributed by atoms with van der Waals surface area (Å²) < 4.78 is 18.1. The third kappa shape index (κ3) is 4.31. The fourth-order valence-corrected chi connectivity index (χ4v) is 3.97. The molecular weight excluding hydrogens is 385 g/mol. The second-order valence-electron chi connectivity index (χ2n) is 8.66. The molecular formula is C22H26FN5S. The first kappa shape index (κ1) is 19.9. The minimum atomic E-state index is -0.229. The number of hydrogen-bond acceptors (Lipinski definition) is 4. The molecule has 1 saturated carbocycles. The van der Waals surface area contributed by atoms with Gasteiger partial charge in [0.1, 0.15) is 5.82 Å². The smallest absolute Gasteiger partial charge is 0.199 e. The summed E-state index contributed by atoms with van der Waals surface area (Å²) in [6.45, 7) is 6.97. The van der Waals surface area contributed by atoms with Gasteiger partial charge in [-0.15, -0.1) is 0 Å². The molecule has 29 heavy (non-hydrogen) atoms. The zero-order valence-corrected chi connectivity index (χ0v) is 17.8. The molecule has 1 fully saturated rings. The summed E-state index contributed by atoms with van der Waals surface area (Å²) in [6, 6.07) is 11.0. The first-order valence-electron chi connectivity index (χ1n) is 9.93. The predicted octanol–water partition coefficient (Wildman–Crippen LogP) is 5.28. The van der Waals surface area contributed by atoms with Gasteiger partial charge in [0.2, 0.25) is 0 Å². The molecule has 152 valence electrons. The number of benzene rings is 1. The van der Waals surface area contributed by atoms with Crippen molar-refractivity contribution in [3.63, 3.8) is 0 Å². The van der Waals surface area contributed by atoms with Crippen molar-refractivity contribution in [1.82, 2.24) is 24.6 Å². The molecule has 1 aromatic carbocycles. The lowest BCUT2D eigenvalue weighted by atomic mass is 9.82. The van der Waals surface area contributed by atoms with Gasteiger partial charge in [0.05, 0.1) is 6.67 Å². The van der Waals surface area contributed by atoms with E-state index in [9.17, 15) is 4.39 Å². The maximum Gasteiger partial charge on any atom is 0.199 e. The largest absolute Gasteiger partial charge is 0.297 e. The van der Waals surface area contributed by atoms with Gasteiger partial charge in [-0.25, -0.2) is 9.07 Å². The summed E-state index contributed by atoms with van der Waals surface area (Å²) in [6.07, 6.45) is 5.83. The lowest BCUT2D eigenvalue weighted by Crippen LogP contribution is -2.34. The molecule has 1 N–H and O–H groups in total. The monoisotopic (exact) mass is 411 g/mol. The van der Waals surface area contributed by atoms with Crippen LogP contribution in [0.4, 0.5) is 4.39 Å². The number of halogens is 1. The molecule has 1 unspecified atom stereocenters. The van der Waals surface area contributed by atoms with Crippen LogP contribution >= 0.6 is 12.2 Å². The summed E-state index contributed by atoms with van der Waals surface area (Å²) >= 11 is 5.76. The van der Waals surface area contributed by atoms with Gasteiger partial charge in [-0.1, -0.05) is 32.9 Å². The molecule has 3 aromatic rings. The molecule has 1 atom stereocenters. The summed E-state index contributed by atoms with van der Waals surface area (Å²) in [4.78, 5) is 4.23. The van der Waals surface area contributed by atoms with E-state index in [-0.39, 0.29) is 17.3 Å². The lowest BCUT2D eigenvalue weighted by Gasteiger charge is -2.32. The first-order chi connectivity index (χ1) is 13.8. The van der Waals surface area contributed by atoms with Crippen LogP contribution in [0.3, 0.4) is 0 Å².